The fourth-order valence-electron chi connectivity index (χ4n) is 3.31. The number of halogens is 3. The van der Waals surface area contributed by atoms with Crippen LogP contribution in [0.1, 0.15) is 40.4 Å². The van der Waals surface area contributed by atoms with Crippen molar-refractivity contribution in [2.45, 2.75) is 26.8 Å². The van der Waals surface area contributed by atoms with E-state index in [1.165, 1.54) is 15.3 Å². The number of carbonyl (C=O) groups excluding carboxylic acids is 2. The number of pyridine rings is 2. The standard InChI is InChI=1S/C21H18BrClFN7O2/c1-10(2)27-21(33)18-17(11(3)6-13-4-5-26-30(13)18)28-20(32)15-8-16(22)29-31(15)19-14(23)7-12(24)9-25-19/h4-10H,1-3H3,(H,27,33)(H,28,32). The number of rotatable bonds is 5. The summed E-state index contributed by atoms with van der Waals surface area (Å²) >= 11 is 9.37. The average Bonchev–Trinajstić information content (AvgIpc) is 3.33. The first kappa shape index (κ1) is 22.9. The van der Waals surface area contributed by atoms with Gasteiger partial charge in [0.25, 0.3) is 11.8 Å². The largest absolute Gasteiger partial charge is 0.348 e. The number of hydrogen-bond acceptors (Lipinski definition) is 5. The maximum Gasteiger partial charge on any atom is 0.274 e. The van der Waals surface area contributed by atoms with Crippen LogP contribution in [0.25, 0.3) is 11.3 Å². The molecule has 0 fully saturated rings. The molecule has 9 nitrogen and oxygen atoms in total. The predicted molar refractivity (Wildman–Crippen MR) is 125 cm³/mol. The molecular weight excluding hydrogens is 517 g/mol. The summed E-state index contributed by atoms with van der Waals surface area (Å²) in [7, 11) is 0. The minimum Gasteiger partial charge on any atom is -0.348 e. The molecule has 0 saturated carbocycles. The van der Waals surface area contributed by atoms with Crippen molar-refractivity contribution >= 4 is 50.5 Å². The van der Waals surface area contributed by atoms with E-state index in [1.54, 1.807) is 25.3 Å². The molecule has 33 heavy (non-hydrogen) atoms. The van der Waals surface area contributed by atoms with E-state index >= 15 is 0 Å². The van der Waals surface area contributed by atoms with Gasteiger partial charge in [0, 0.05) is 12.1 Å². The Labute approximate surface area is 201 Å². The fraction of sp³-hybridized carbons (Fsp3) is 0.190. The van der Waals surface area contributed by atoms with E-state index in [4.69, 9.17) is 11.6 Å². The summed E-state index contributed by atoms with van der Waals surface area (Å²) in [6.45, 7) is 5.45. The summed E-state index contributed by atoms with van der Waals surface area (Å²) < 4.78 is 16.5. The maximum absolute atomic E-state index is 13.5. The molecule has 4 aromatic heterocycles. The lowest BCUT2D eigenvalue weighted by atomic mass is 10.1. The van der Waals surface area contributed by atoms with Crippen molar-refractivity contribution in [1.82, 2.24) is 29.7 Å². The number of carbonyl (C=O) groups is 2. The molecule has 0 atom stereocenters. The van der Waals surface area contributed by atoms with Gasteiger partial charge in [0.1, 0.15) is 16.1 Å². The molecule has 170 valence electrons. The van der Waals surface area contributed by atoms with Gasteiger partial charge in [0.2, 0.25) is 0 Å². The molecule has 12 heteroatoms. The van der Waals surface area contributed by atoms with Gasteiger partial charge in [0.05, 0.1) is 28.6 Å². The van der Waals surface area contributed by atoms with Gasteiger partial charge < -0.3 is 10.6 Å². The van der Waals surface area contributed by atoms with Gasteiger partial charge in [-0.15, -0.1) is 0 Å². The highest BCUT2D eigenvalue weighted by atomic mass is 79.9. The van der Waals surface area contributed by atoms with E-state index in [1.807, 2.05) is 13.8 Å². The van der Waals surface area contributed by atoms with Crippen LogP contribution in [-0.2, 0) is 0 Å². The smallest absolute Gasteiger partial charge is 0.274 e. The molecule has 0 radical (unpaired) electrons. The Hall–Kier alpha value is -3.31. The van der Waals surface area contributed by atoms with Crippen LogP contribution in [0, 0.1) is 12.7 Å². The average molecular weight is 535 g/mol. The Bertz CT molecular complexity index is 1400. The van der Waals surface area contributed by atoms with Crippen LogP contribution in [0.15, 0.2) is 41.3 Å². The summed E-state index contributed by atoms with van der Waals surface area (Å²) in [6.07, 6.45) is 2.55. The molecule has 0 unspecified atom stereocenters. The highest BCUT2D eigenvalue weighted by Gasteiger charge is 2.24. The van der Waals surface area contributed by atoms with Crippen molar-refractivity contribution in [3.8, 4) is 5.82 Å². The molecule has 0 spiro atoms. The molecular formula is C21H18BrClFN7O2. The SMILES string of the molecule is Cc1cc2ccnn2c(C(=O)NC(C)C)c1NC(=O)c1cc(Br)nn1-c1ncc(F)cc1Cl. The molecule has 0 aliphatic heterocycles. The number of fused-ring (bicyclic) bond motifs is 1. The summed E-state index contributed by atoms with van der Waals surface area (Å²) in [5, 5.41) is 14.0. The van der Waals surface area contributed by atoms with Gasteiger partial charge in [0.15, 0.2) is 11.5 Å². The van der Waals surface area contributed by atoms with Crippen molar-refractivity contribution in [2.75, 3.05) is 5.32 Å². The molecule has 0 aromatic carbocycles. The van der Waals surface area contributed by atoms with Gasteiger partial charge >= 0.3 is 0 Å². The van der Waals surface area contributed by atoms with Crippen LogP contribution in [0.4, 0.5) is 10.1 Å². The minimum absolute atomic E-state index is 0.0224. The zero-order valence-electron chi connectivity index (χ0n) is 17.7. The van der Waals surface area contributed by atoms with Crippen molar-refractivity contribution in [3.63, 3.8) is 0 Å². The second-order valence-electron chi connectivity index (χ2n) is 7.52. The molecule has 0 aliphatic carbocycles. The molecule has 4 heterocycles. The first-order valence-electron chi connectivity index (χ1n) is 9.82. The molecule has 2 N–H and O–H groups in total. The molecule has 0 bridgehead atoms. The molecule has 4 rings (SSSR count). The Morgan fingerprint density at radius 3 is 2.67 bits per heavy atom. The summed E-state index contributed by atoms with van der Waals surface area (Å²) in [5.74, 6) is -1.52. The van der Waals surface area contributed by atoms with Crippen LogP contribution in [0.2, 0.25) is 5.02 Å². The Kier molecular flexibility index (Phi) is 6.17. The third-order valence-electron chi connectivity index (χ3n) is 4.65. The molecule has 0 saturated heterocycles. The lowest BCUT2D eigenvalue weighted by Gasteiger charge is -2.17. The van der Waals surface area contributed by atoms with E-state index in [9.17, 15) is 14.0 Å². The number of nitrogens with one attached hydrogen (secondary N) is 2. The maximum atomic E-state index is 13.5. The zero-order chi connectivity index (χ0) is 23.9. The first-order chi connectivity index (χ1) is 15.7. The monoisotopic (exact) mass is 533 g/mol. The molecule has 0 aliphatic rings. The van der Waals surface area contributed by atoms with Gasteiger partial charge in [-0.3, -0.25) is 9.59 Å². The topological polar surface area (TPSA) is 106 Å². The van der Waals surface area contributed by atoms with Crippen molar-refractivity contribution in [2.24, 2.45) is 0 Å². The highest BCUT2D eigenvalue weighted by Crippen LogP contribution is 2.26. The van der Waals surface area contributed by atoms with Gasteiger partial charge in [-0.05, 0) is 60.5 Å². The first-order valence-corrected chi connectivity index (χ1v) is 11.0. The van der Waals surface area contributed by atoms with E-state index in [-0.39, 0.29) is 34.0 Å². The Morgan fingerprint density at radius 1 is 1.21 bits per heavy atom. The number of amides is 2. The second-order valence-corrected chi connectivity index (χ2v) is 8.74. The van der Waals surface area contributed by atoms with Crippen molar-refractivity contribution in [3.05, 3.63) is 69.1 Å². The third-order valence-corrected chi connectivity index (χ3v) is 5.32. The zero-order valence-corrected chi connectivity index (χ0v) is 20.1. The van der Waals surface area contributed by atoms with E-state index in [2.05, 4.69) is 41.7 Å². The second kappa shape index (κ2) is 8.91. The normalized spacial score (nSPS) is 11.2. The van der Waals surface area contributed by atoms with E-state index in [0.29, 0.717) is 15.7 Å². The van der Waals surface area contributed by atoms with Crippen LogP contribution >= 0.6 is 27.5 Å². The van der Waals surface area contributed by atoms with E-state index in [0.717, 1.165) is 12.3 Å². The van der Waals surface area contributed by atoms with Crippen LogP contribution < -0.4 is 10.6 Å². The van der Waals surface area contributed by atoms with Crippen LogP contribution in [0.3, 0.4) is 0 Å². The third kappa shape index (κ3) is 4.46. The van der Waals surface area contributed by atoms with Gasteiger partial charge in [-0.1, -0.05) is 11.6 Å². The summed E-state index contributed by atoms with van der Waals surface area (Å²) in [6, 6.07) is 5.98. The number of aryl methyl sites for hydroxylation is 1. The molecule has 2 amide bonds. The fourth-order valence-corrected chi connectivity index (χ4v) is 3.92. The highest BCUT2D eigenvalue weighted by molar-refractivity contribution is 9.10. The summed E-state index contributed by atoms with van der Waals surface area (Å²) in [5.41, 5.74) is 1.90. The van der Waals surface area contributed by atoms with Gasteiger partial charge in [-0.2, -0.15) is 10.2 Å². The number of anilines is 1. The lowest BCUT2D eigenvalue weighted by Crippen LogP contribution is -2.33. The Balaban J connectivity index is 1.80. The van der Waals surface area contributed by atoms with Crippen LogP contribution in [-0.4, -0.2) is 42.2 Å². The minimum atomic E-state index is -0.620. The van der Waals surface area contributed by atoms with Crippen molar-refractivity contribution in [1.29, 1.82) is 0 Å². The van der Waals surface area contributed by atoms with Gasteiger partial charge in [-0.25, -0.2) is 18.6 Å². The van der Waals surface area contributed by atoms with Crippen LogP contribution in [0.5, 0.6) is 0 Å². The van der Waals surface area contributed by atoms with E-state index < -0.39 is 17.6 Å². The number of hydrogen-bond donors (Lipinski definition) is 2. The quantitative estimate of drug-likeness (QED) is 0.400. The Morgan fingerprint density at radius 2 is 1.97 bits per heavy atom. The lowest BCUT2D eigenvalue weighted by molar-refractivity contribution is 0.0936. The predicted octanol–water partition coefficient (Wildman–Crippen LogP) is 4.17. The summed E-state index contributed by atoms with van der Waals surface area (Å²) in [4.78, 5) is 30.3. The number of aromatic nitrogens is 5. The van der Waals surface area contributed by atoms with Crippen molar-refractivity contribution < 1.29 is 14.0 Å². The number of nitrogens with zero attached hydrogens (tertiary/aromatic N) is 5. The molecule has 4 aromatic rings.